The van der Waals surface area contributed by atoms with E-state index in [4.69, 9.17) is 9.47 Å². The molecule has 4 rings (SSSR count). The summed E-state index contributed by atoms with van der Waals surface area (Å²) in [7, 11) is 1.62. The Morgan fingerprint density at radius 3 is 2.52 bits per heavy atom. The molecule has 6 heteroatoms. The summed E-state index contributed by atoms with van der Waals surface area (Å²) in [5.74, 6) is 1.50. The van der Waals surface area contributed by atoms with Crippen LogP contribution < -0.4 is 9.47 Å². The van der Waals surface area contributed by atoms with Crippen molar-refractivity contribution in [1.82, 2.24) is 9.88 Å². The van der Waals surface area contributed by atoms with Crippen molar-refractivity contribution in [2.45, 2.75) is 64.1 Å². The zero-order valence-electron chi connectivity index (χ0n) is 16.5. The van der Waals surface area contributed by atoms with Gasteiger partial charge in [-0.05, 0) is 58.4 Å². The minimum Gasteiger partial charge on any atom is -0.481 e. The quantitative estimate of drug-likeness (QED) is 0.877. The lowest BCUT2D eigenvalue weighted by molar-refractivity contribution is -0.164. The van der Waals surface area contributed by atoms with Gasteiger partial charge in [0.1, 0.15) is 6.10 Å². The molecule has 3 aliphatic rings. The minimum absolute atomic E-state index is 0.0274. The highest BCUT2D eigenvalue weighted by Crippen LogP contribution is 2.47. The topological polar surface area (TPSA) is 71.9 Å². The van der Waals surface area contributed by atoms with Crippen LogP contribution in [0.1, 0.15) is 51.0 Å². The van der Waals surface area contributed by atoms with Gasteiger partial charge in [-0.3, -0.25) is 4.79 Å². The minimum atomic E-state index is -0.634. The second-order valence-electron chi connectivity index (χ2n) is 9.09. The van der Waals surface area contributed by atoms with Gasteiger partial charge in [0.15, 0.2) is 0 Å². The fraction of sp³-hybridized carbons (Fsp3) is 0.714. The molecule has 148 valence electrons. The summed E-state index contributed by atoms with van der Waals surface area (Å²) >= 11 is 0. The Bertz CT molecular complexity index is 709. The molecular formula is C21H30N2O4. The Kier molecular flexibility index (Phi) is 4.57. The fourth-order valence-corrected chi connectivity index (χ4v) is 4.93. The number of nitrogens with zero attached hydrogens (tertiary/aromatic N) is 2. The summed E-state index contributed by atoms with van der Waals surface area (Å²) in [4.78, 5) is 18.9. The third-order valence-corrected chi connectivity index (χ3v) is 6.58. The first kappa shape index (κ1) is 18.5. The van der Waals surface area contributed by atoms with Crippen LogP contribution in [-0.4, -0.2) is 52.8 Å². The largest absolute Gasteiger partial charge is 0.481 e. The number of aromatic nitrogens is 1. The first-order chi connectivity index (χ1) is 12.8. The predicted octanol–water partition coefficient (Wildman–Crippen LogP) is 2.71. The molecule has 0 unspecified atom stereocenters. The Morgan fingerprint density at radius 1 is 1.26 bits per heavy atom. The van der Waals surface area contributed by atoms with E-state index in [0.29, 0.717) is 24.6 Å². The number of rotatable bonds is 4. The highest BCUT2D eigenvalue weighted by Gasteiger charge is 2.51. The fourth-order valence-electron chi connectivity index (χ4n) is 4.93. The second kappa shape index (κ2) is 6.66. The molecule has 2 heterocycles. The standard InChI is InChI=1S/C21H30N2O4/c1-14-4-5-17(22-18(14)26-3)27-16-6-8-21(9-7-16)12-23(13-21)19(24)15-10-20(2,25)11-15/h4-5,15-16,25H,6-13H2,1-3H3. The lowest BCUT2D eigenvalue weighted by atomic mass is 9.66. The van der Waals surface area contributed by atoms with Crippen molar-refractivity contribution >= 4 is 5.91 Å². The van der Waals surface area contributed by atoms with Gasteiger partial charge in [-0.15, -0.1) is 0 Å². The number of aryl methyl sites for hydroxylation is 1. The number of ether oxygens (including phenoxy) is 2. The molecule has 3 fully saturated rings. The Balaban J connectivity index is 1.25. The van der Waals surface area contributed by atoms with Crippen LogP contribution in [-0.2, 0) is 4.79 Å². The number of hydrogen-bond donors (Lipinski definition) is 1. The smallest absolute Gasteiger partial charge is 0.225 e. The number of pyridine rings is 1. The van der Waals surface area contributed by atoms with Gasteiger partial charge in [-0.25, -0.2) is 0 Å². The highest BCUT2D eigenvalue weighted by atomic mass is 16.5. The SMILES string of the molecule is COc1nc(OC2CCC3(CC2)CN(C(=O)C2CC(C)(O)C2)C3)ccc1C. The molecule has 1 amide bonds. The summed E-state index contributed by atoms with van der Waals surface area (Å²) in [6.07, 6.45) is 5.58. The summed E-state index contributed by atoms with van der Waals surface area (Å²) in [5.41, 5.74) is 0.644. The van der Waals surface area contributed by atoms with Crippen LogP contribution in [0.3, 0.4) is 0 Å². The molecule has 1 saturated heterocycles. The lowest BCUT2D eigenvalue weighted by Gasteiger charge is -2.55. The van der Waals surface area contributed by atoms with Crippen molar-refractivity contribution in [3.8, 4) is 11.8 Å². The van der Waals surface area contributed by atoms with Crippen molar-refractivity contribution in [3.63, 3.8) is 0 Å². The molecule has 1 aromatic heterocycles. The molecule has 0 aromatic carbocycles. The van der Waals surface area contributed by atoms with Crippen LogP contribution in [0.4, 0.5) is 0 Å². The van der Waals surface area contributed by atoms with E-state index in [9.17, 15) is 9.90 Å². The van der Waals surface area contributed by atoms with Gasteiger partial charge in [0, 0.05) is 36.1 Å². The van der Waals surface area contributed by atoms with Crippen LogP contribution in [0.5, 0.6) is 11.8 Å². The molecule has 1 N–H and O–H groups in total. The van der Waals surface area contributed by atoms with Crippen LogP contribution in [0, 0.1) is 18.3 Å². The van der Waals surface area contributed by atoms with E-state index in [1.807, 2.05) is 30.9 Å². The third kappa shape index (κ3) is 3.64. The van der Waals surface area contributed by atoms with E-state index in [2.05, 4.69) is 4.98 Å². The van der Waals surface area contributed by atoms with E-state index < -0.39 is 5.60 Å². The molecule has 0 bridgehead atoms. The van der Waals surface area contributed by atoms with Gasteiger partial charge in [-0.2, -0.15) is 4.98 Å². The zero-order chi connectivity index (χ0) is 19.2. The third-order valence-electron chi connectivity index (χ3n) is 6.58. The van der Waals surface area contributed by atoms with Gasteiger partial charge >= 0.3 is 0 Å². The maximum Gasteiger partial charge on any atom is 0.225 e. The maximum absolute atomic E-state index is 12.5. The van der Waals surface area contributed by atoms with Gasteiger partial charge in [-0.1, -0.05) is 0 Å². The molecule has 2 saturated carbocycles. The van der Waals surface area contributed by atoms with Crippen LogP contribution in [0.25, 0.3) is 0 Å². The highest BCUT2D eigenvalue weighted by molar-refractivity contribution is 5.81. The van der Waals surface area contributed by atoms with Crippen LogP contribution in [0.15, 0.2) is 12.1 Å². The number of carbonyl (C=O) groups excluding carboxylic acids is 1. The van der Waals surface area contributed by atoms with Gasteiger partial charge in [0.05, 0.1) is 12.7 Å². The molecule has 1 aliphatic heterocycles. The number of methoxy groups -OCH3 is 1. The van der Waals surface area contributed by atoms with Crippen LogP contribution >= 0.6 is 0 Å². The van der Waals surface area contributed by atoms with Crippen molar-refractivity contribution in [3.05, 3.63) is 17.7 Å². The molecule has 0 atom stereocenters. The van der Waals surface area contributed by atoms with E-state index in [-0.39, 0.29) is 23.3 Å². The molecular weight excluding hydrogens is 344 g/mol. The first-order valence-corrected chi connectivity index (χ1v) is 9.99. The number of likely N-dealkylation sites (tertiary alicyclic amines) is 1. The monoisotopic (exact) mass is 374 g/mol. The number of amides is 1. The maximum atomic E-state index is 12.5. The average Bonchev–Trinajstić information content (AvgIpc) is 2.59. The Morgan fingerprint density at radius 2 is 1.93 bits per heavy atom. The lowest BCUT2D eigenvalue weighted by Crippen LogP contribution is -2.63. The predicted molar refractivity (Wildman–Crippen MR) is 101 cm³/mol. The number of carbonyl (C=O) groups is 1. The van der Waals surface area contributed by atoms with E-state index in [0.717, 1.165) is 44.3 Å². The summed E-state index contributed by atoms with van der Waals surface area (Å²) in [5, 5.41) is 9.85. The Hall–Kier alpha value is -1.82. The Labute approximate surface area is 160 Å². The molecule has 2 aliphatic carbocycles. The zero-order valence-corrected chi connectivity index (χ0v) is 16.5. The molecule has 6 nitrogen and oxygen atoms in total. The average molecular weight is 374 g/mol. The molecule has 27 heavy (non-hydrogen) atoms. The normalized spacial score (nSPS) is 29.8. The van der Waals surface area contributed by atoms with E-state index >= 15 is 0 Å². The summed E-state index contributed by atoms with van der Waals surface area (Å²) in [6, 6.07) is 3.87. The molecule has 0 radical (unpaired) electrons. The summed E-state index contributed by atoms with van der Waals surface area (Å²) < 4.78 is 11.3. The number of hydrogen-bond acceptors (Lipinski definition) is 5. The van der Waals surface area contributed by atoms with Crippen molar-refractivity contribution < 1.29 is 19.4 Å². The summed E-state index contributed by atoms with van der Waals surface area (Å²) in [6.45, 7) is 5.52. The van der Waals surface area contributed by atoms with Crippen molar-refractivity contribution in [2.24, 2.45) is 11.3 Å². The van der Waals surface area contributed by atoms with Crippen molar-refractivity contribution in [2.75, 3.05) is 20.2 Å². The van der Waals surface area contributed by atoms with Gasteiger partial charge in [0.25, 0.3) is 0 Å². The second-order valence-corrected chi connectivity index (χ2v) is 9.09. The molecule has 1 spiro atoms. The first-order valence-electron chi connectivity index (χ1n) is 9.99. The van der Waals surface area contributed by atoms with Gasteiger partial charge < -0.3 is 19.5 Å². The van der Waals surface area contributed by atoms with E-state index in [1.54, 1.807) is 7.11 Å². The van der Waals surface area contributed by atoms with Crippen LogP contribution in [0.2, 0.25) is 0 Å². The molecule has 1 aromatic rings. The van der Waals surface area contributed by atoms with Crippen molar-refractivity contribution in [1.29, 1.82) is 0 Å². The van der Waals surface area contributed by atoms with E-state index in [1.165, 1.54) is 0 Å². The number of aliphatic hydroxyl groups is 1. The van der Waals surface area contributed by atoms with Gasteiger partial charge in [0.2, 0.25) is 17.7 Å².